The van der Waals surface area contributed by atoms with Gasteiger partial charge < -0.3 is 21.5 Å². The van der Waals surface area contributed by atoms with E-state index in [0.717, 1.165) is 11.1 Å². The van der Waals surface area contributed by atoms with Crippen LogP contribution in [0.5, 0.6) is 0 Å². The predicted molar refractivity (Wildman–Crippen MR) is 149 cm³/mol. The summed E-state index contributed by atoms with van der Waals surface area (Å²) in [7, 11) is 0. The molecule has 198 valence electrons. The van der Waals surface area contributed by atoms with Crippen LogP contribution in [0.15, 0.2) is 78.9 Å². The summed E-state index contributed by atoms with van der Waals surface area (Å²) in [6, 6.07) is 20.5. The number of hydrogen-bond acceptors (Lipinski definition) is 5. The summed E-state index contributed by atoms with van der Waals surface area (Å²) in [6.07, 6.45) is 3.16. The maximum absolute atomic E-state index is 13.3. The molecule has 5 N–H and O–H groups in total. The Morgan fingerprint density at radius 1 is 1.03 bits per heavy atom. The molecule has 0 saturated carbocycles. The highest BCUT2D eigenvalue weighted by Gasteiger charge is 2.43. The number of benzene rings is 3. The maximum atomic E-state index is 13.3. The minimum Gasteiger partial charge on any atom is -0.397 e. The molecule has 3 aromatic rings. The molecule has 1 aliphatic rings. The normalized spacial score (nSPS) is 18.0. The van der Waals surface area contributed by atoms with Crippen LogP contribution >= 0.6 is 0 Å². The second-order valence-electron chi connectivity index (χ2n) is 10.2. The number of nitrogens with zero attached hydrogens (tertiary/aromatic N) is 1. The topological polar surface area (TPSA) is 108 Å². The summed E-state index contributed by atoms with van der Waals surface area (Å²) in [4.78, 5) is 27.7. The molecule has 0 bridgehead atoms. The zero-order chi connectivity index (χ0) is 27.3. The van der Waals surface area contributed by atoms with E-state index >= 15 is 0 Å². The lowest BCUT2D eigenvalue weighted by atomic mass is 9.88. The summed E-state index contributed by atoms with van der Waals surface area (Å²) < 4.78 is 13.3. The molecule has 2 atom stereocenters. The number of nitrogens with two attached hydrogens (primary N) is 1. The fourth-order valence-corrected chi connectivity index (χ4v) is 4.58. The van der Waals surface area contributed by atoms with Gasteiger partial charge in [0.1, 0.15) is 5.82 Å². The summed E-state index contributed by atoms with van der Waals surface area (Å²) in [5.74, 6) is -1.28. The highest BCUT2D eigenvalue weighted by Crippen LogP contribution is 2.37. The van der Waals surface area contributed by atoms with Crippen LogP contribution in [0.4, 0.5) is 21.5 Å². The van der Waals surface area contributed by atoms with Crippen molar-refractivity contribution in [2.75, 3.05) is 36.1 Å². The van der Waals surface area contributed by atoms with Crippen LogP contribution in [0.1, 0.15) is 30.9 Å². The summed E-state index contributed by atoms with van der Waals surface area (Å²) in [5, 5.41) is 15.6. The number of hydrogen-bond donors (Lipinski definition) is 4. The Labute approximate surface area is 222 Å². The van der Waals surface area contributed by atoms with E-state index in [1.807, 2.05) is 38.1 Å². The summed E-state index contributed by atoms with van der Waals surface area (Å²) in [5.41, 5.74) is 8.80. The molecule has 7 nitrogen and oxygen atoms in total. The lowest BCUT2D eigenvalue weighted by Gasteiger charge is -2.33. The molecule has 0 aliphatic carbocycles. The molecule has 2 amide bonds. The molecule has 1 fully saturated rings. The standard InChI is InChI=1S/C30H33FN4O3/c1-30(2,19-36)35-17-24(25(18-35)29(38)33-23-14-12-22(31)13-15-23)21-10-7-20(8-11-21)9-16-28(37)34-27-6-4-3-5-26(27)32/h3-16,24-25,36H,17-19,32H2,1-2H3,(H,33,38)(H,34,37)/b16-9+. The fourth-order valence-electron chi connectivity index (χ4n) is 4.58. The van der Waals surface area contributed by atoms with Gasteiger partial charge in [0.25, 0.3) is 0 Å². The molecule has 0 spiro atoms. The fraction of sp³-hybridized carbons (Fsp3) is 0.267. The molecule has 0 radical (unpaired) electrons. The van der Waals surface area contributed by atoms with Crippen molar-refractivity contribution in [1.82, 2.24) is 4.90 Å². The Bertz CT molecular complexity index is 1310. The van der Waals surface area contributed by atoms with Crippen LogP contribution in [-0.2, 0) is 9.59 Å². The van der Waals surface area contributed by atoms with Gasteiger partial charge in [-0.1, -0.05) is 36.4 Å². The van der Waals surface area contributed by atoms with Gasteiger partial charge in [-0.2, -0.15) is 0 Å². The molecule has 3 aromatic carbocycles. The van der Waals surface area contributed by atoms with Gasteiger partial charge in [0.05, 0.1) is 23.9 Å². The largest absolute Gasteiger partial charge is 0.397 e. The average Bonchev–Trinajstić information content (AvgIpc) is 3.37. The Hall–Kier alpha value is -4.01. The van der Waals surface area contributed by atoms with E-state index in [1.54, 1.807) is 30.3 Å². The highest BCUT2D eigenvalue weighted by atomic mass is 19.1. The zero-order valence-electron chi connectivity index (χ0n) is 21.5. The molecular weight excluding hydrogens is 483 g/mol. The Balaban J connectivity index is 1.48. The van der Waals surface area contributed by atoms with E-state index in [9.17, 15) is 19.1 Å². The summed E-state index contributed by atoms with van der Waals surface area (Å²) in [6.45, 7) is 4.95. The third kappa shape index (κ3) is 6.45. The third-order valence-corrected chi connectivity index (χ3v) is 7.02. The second-order valence-corrected chi connectivity index (χ2v) is 10.2. The Morgan fingerprint density at radius 3 is 2.37 bits per heavy atom. The highest BCUT2D eigenvalue weighted by molar-refractivity contribution is 6.03. The number of halogens is 1. The number of carbonyl (C=O) groups excluding carboxylic acids is 2. The maximum Gasteiger partial charge on any atom is 0.248 e. The van der Waals surface area contributed by atoms with Crippen molar-refractivity contribution in [3.05, 3.63) is 95.8 Å². The number of anilines is 3. The monoisotopic (exact) mass is 516 g/mol. The van der Waals surface area contributed by atoms with E-state index in [-0.39, 0.29) is 36.1 Å². The smallest absolute Gasteiger partial charge is 0.248 e. The van der Waals surface area contributed by atoms with Crippen LogP contribution < -0.4 is 16.4 Å². The molecule has 38 heavy (non-hydrogen) atoms. The third-order valence-electron chi connectivity index (χ3n) is 7.02. The Morgan fingerprint density at radius 2 is 1.71 bits per heavy atom. The molecule has 8 heteroatoms. The van der Waals surface area contributed by atoms with Crippen molar-refractivity contribution in [3.63, 3.8) is 0 Å². The van der Waals surface area contributed by atoms with Gasteiger partial charge in [-0.3, -0.25) is 14.5 Å². The van der Waals surface area contributed by atoms with Crippen molar-refractivity contribution in [1.29, 1.82) is 0 Å². The molecule has 1 aliphatic heterocycles. The number of aliphatic hydroxyl groups is 1. The van der Waals surface area contributed by atoms with Crippen LogP contribution in [-0.4, -0.2) is 47.1 Å². The first-order valence-corrected chi connectivity index (χ1v) is 12.5. The SMILES string of the molecule is CC(C)(CO)N1CC(C(=O)Nc2ccc(F)cc2)C(c2ccc(/C=C/C(=O)Nc3ccccc3N)cc2)C1. The number of nitrogen functional groups attached to an aromatic ring is 1. The molecule has 0 aromatic heterocycles. The number of nitrogens with one attached hydrogen (secondary N) is 2. The van der Waals surface area contributed by atoms with E-state index in [1.165, 1.54) is 30.3 Å². The first kappa shape index (κ1) is 27.0. The van der Waals surface area contributed by atoms with Crippen LogP contribution in [0.3, 0.4) is 0 Å². The van der Waals surface area contributed by atoms with Gasteiger partial charge in [0, 0.05) is 36.3 Å². The first-order chi connectivity index (χ1) is 18.2. The second kappa shape index (κ2) is 11.6. The summed E-state index contributed by atoms with van der Waals surface area (Å²) >= 11 is 0. The van der Waals surface area contributed by atoms with Gasteiger partial charge >= 0.3 is 0 Å². The molecule has 4 rings (SSSR count). The number of amides is 2. The number of carbonyl (C=O) groups is 2. The van der Waals surface area contributed by atoms with Crippen molar-refractivity contribution in [3.8, 4) is 0 Å². The zero-order valence-corrected chi connectivity index (χ0v) is 21.5. The number of para-hydroxylation sites is 2. The quantitative estimate of drug-likeness (QED) is 0.261. The molecule has 2 unspecified atom stereocenters. The van der Waals surface area contributed by atoms with Crippen molar-refractivity contribution in [2.24, 2.45) is 5.92 Å². The minimum absolute atomic E-state index is 0.0353. The van der Waals surface area contributed by atoms with E-state index in [2.05, 4.69) is 15.5 Å². The van der Waals surface area contributed by atoms with Crippen molar-refractivity contribution >= 4 is 35.0 Å². The van der Waals surface area contributed by atoms with Crippen molar-refractivity contribution < 1.29 is 19.1 Å². The van der Waals surface area contributed by atoms with Gasteiger partial charge in [-0.05, 0) is 67.4 Å². The van der Waals surface area contributed by atoms with E-state index in [0.29, 0.717) is 30.2 Å². The molecule has 1 saturated heterocycles. The van der Waals surface area contributed by atoms with E-state index < -0.39 is 5.54 Å². The predicted octanol–water partition coefficient (Wildman–Crippen LogP) is 4.48. The number of rotatable bonds is 8. The minimum atomic E-state index is -0.485. The van der Waals surface area contributed by atoms with Gasteiger partial charge in [0.15, 0.2) is 0 Å². The van der Waals surface area contributed by atoms with Crippen LogP contribution in [0.2, 0.25) is 0 Å². The molecule has 1 heterocycles. The van der Waals surface area contributed by atoms with Gasteiger partial charge in [0.2, 0.25) is 11.8 Å². The van der Waals surface area contributed by atoms with Gasteiger partial charge in [-0.25, -0.2) is 4.39 Å². The first-order valence-electron chi connectivity index (χ1n) is 12.5. The van der Waals surface area contributed by atoms with Crippen molar-refractivity contribution in [2.45, 2.75) is 25.3 Å². The van der Waals surface area contributed by atoms with Crippen LogP contribution in [0.25, 0.3) is 6.08 Å². The van der Waals surface area contributed by atoms with E-state index in [4.69, 9.17) is 5.73 Å². The number of aliphatic hydroxyl groups excluding tert-OH is 1. The van der Waals surface area contributed by atoms with Gasteiger partial charge in [-0.15, -0.1) is 0 Å². The molecular formula is C30H33FN4O3. The lowest BCUT2D eigenvalue weighted by molar-refractivity contribution is -0.120. The average molecular weight is 517 g/mol. The Kier molecular flexibility index (Phi) is 8.24. The van der Waals surface area contributed by atoms with Crippen LogP contribution in [0, 0.1) is 11.7 Å². The number of likely N-dealkylation sites (tertiary alicyclic amines) is 1. The lowest BCUT2D eigenvalue weighted by Crippen LogP contribution is -2.46.